The van der Waals surface area contributed by atoms with Gasteiger partial charge in [0.25, 0.3) is 11.8 Å². The van der Waals surface area contributed by atoms with Gasteiger partial charge in [-0.25, -0.2) is 9.78 Å². The van der Waals surface area contributed by atoms with Gasteiger partial charge >= 0.3 is 6.09 Å². The van der Waals surface area contributed by atoms with Crippen molar-refractivity contribution in [3.05, 3.63) is 46.3 Å². The van der Waals surface area contributed by atoms with E-state index in [9.17, 15) is 14.4 Å². The van der Waals surface area contributed by atoms with Gasteiger partial charge in [-0.2, -0.15) is 0 Å². The lowest BCUT2D eigenvalue weighted by Gasteiger charge is -2.10. The Morgan fingerprint density at radius 2 is 1.90 bits per heavy atom. The maximum Gasteiger partial charge on any atom is 0.414 e. The van der Waals surface area contributed by atoms with Gasteiger partial charge in [-0.3, -0.25) is 14.9 Å². The van der Waals surface area contributed by atoms with Crippen LogP contribution in [-0.2, 0) is 4.74 Å². The average Bonchev–Trinajstić information content (AvgIpc) is 3.46. The van der Waals surface area contributed by atoms with E-state index < -0.39 is 17.9 Å². The molecule has 0 atom stereocenters. The minimum absolute atomic E-state index is 0.210. The Bertz CT molecular complexity index is 1020. The van der Waals surface area contributed by atoms with Crippen molar-refractivity contribution in [1.29, 1.82) is 0 Å². The maximum atomic E-state index is 12.5. The number of thiophene rings is 1. The summed E-state index contributed by atoms with van der Waals surface area (Å²) >= 11 is 2.48. The van der Waals surface area contributed by atoms with E-state index in [0.717, 1.165) is 35.9 Å². The third kappa shape index (κ3) is 4.63. The van der Waals surface area contributed by atoms with E-state index >= 15 is 0 Å². The fourth-order valence-electron chi connectivity index (χ4n) is 3.28. The van der Waals surface area contributed by atoms with Gasteiger partial charge in [-0.1, -0.05) is 25.0 Å². The number of carbonyl (C=O) groups excluding carboxylic acids is 3. The minimum Gasteiger partial charge on any atom is -0.449 e. The van der Waals surface area contributed by atoms with Crippen LogP contribution in [0, 0.1) is 5.92 Å². The summed E-state index contributed by atoms with van der Waals surface area (Å²) in [5, 5.41) is 7.27. The number of rotatable bonds is 5. The Balaban J connectivity index is 1.37. The number of aromatic nitrogens is 1. The van der Waals surface area contributed by atoms with Crippen molar-refractivity contribution < 1.29 is 19.1 Å². The van der Waals surface area contributed by atoms with Gasteiger partial charge in [0.15, 0.2) is 5.01 Å². The molecule has 0 unspecified atom stereocenters. The molecule has 29 heavy (non-hydrogen) atoms. The van der Waals surface area contributed by atoms with Gasteiger partial charge in [-0.05, 0) is 42.3 Å². The second kappa shape index (κ2) is 8.71. The second-order valence-corrected chi connectivity index (χ2v) is 8.75. The molecule has 2 N–H and O–H groups in total. The first kappa shape index (κ1) is 19.5. The summed E-state index contributed by atoms with van der Waals surface area (Å²) in [6.07, 6.45) is 3.64. The van der Waals surface area contributed by atoms with Crippen LogP contribution in [0.5, 0.6) is 0 Å². The summed E-state index contributed by atoms with van der Waals surface area (Å²) in [5.41, 5.74) is 0.957. The van der Waals surface area contributed by atoms with Crippen LogP contribution in [0.4, 0.5) is 9.80 Å². The van der Waals surface area contributed by atoms with Gasteiger partial charge in [0, 0.05) is 0 Å². The molecule has 1 aliphatic carbocycles. The summed E-state index contributed by atoms with van der Waals surface area (Å²) in [6, 6.07) is 9.03. The largest absolute Gasteiger partial charge is 0.449 e. The van der Waals surface area contributed by atoms with Gasteiger partial charge < -0.3 is 10.1 Å². The number of carbonyl (C=O) groups is 3. The molecule has 0 radical (unpaired) electrons. The second-order valence-electron chi connectivity index (χ2n) is 6.81. The first-order valence-corrected chi connectivity index (χ1v) is 11.0. The van der Waals surface area contributed by atoms with E-state index in [1.54, 1.807) is 11.4 Å². The number of para-hydroxylation sites is 1. The van der Waals surface area contributed by atoms with Crippen LogP contribution in [0.1, 0.15) is 45.8 Å². The Labute approximate surface area is 175 Å². The molecule has 2 aromatic heterocycles. The van der Waals surface area contributed by atoms with Crippen molar-refractivity contribution in [1.82, 2.24) is 10.3 Å². The van der Waals surface area contributed by atoms with Crippen LogP contribution in [0.15, 0.2) is 35.7 Å². The lowest BCUT2D eigenvalue weighted by atomic mass is 10.1. The number of alkyl carbamates (subject to hydrolysis) is 1. The molecule has 4 rings (SSSR count). The molecule has 2 heterocycles. The van der Waals surface area contributed by atoms with Crippen molar-refractivity contribution in [2.24, 2.45) is 5.92 Å². The van der Waals surface area contributed by atoms with E-state index in [4.69, 9.17) is 4.74 Å². The number of benzene rings is 1. The predicted octanol–water partition coefficient (Wildman–Crippen LogP) is 4.67. The van der Waals surface area contributed by atoms with E-state index in [1.165, 1.54) is 22.7 Å². The number of hydrogen-bond donors (Lipinski definition) is 2. The van der Waals surface area contributed by atoms with Crippen molar-refractivity contribution in [3.8, 4) is 0 Å². The fourth-order valence-corrected chi connectivity index (χ4v) is 4.92. The first-order valence-electron chi connectivity index (χ1n) is 9.32. The van der Waals surface area contributed by atoms with Crippen LogP contribution in [0.2, 0.25) is 0 Å². The standard InChI is InChI=1S/C20H19N3O4S2/c24-16(23-20(26)27-11-12-5-1-2-6-12)13-9-10-28-18(13)22-17(25)19-21-14-7-3-4-8-15(14)29-19/h3-4,7-10,12H,1-2,5-6,11H2,(H,22,25)(H,23,24,26). The average molecular weight is 430 g/mol. The fraction of sp³-hybridized carbons (Fsp3) is 0.300. The quantitative estimate of drug-likeness (QED) is 0.614. The zero-order valence-electron chi connectivity index (χ0n) is 15.5. The molecule has 3 amide bonds. The van der Waals surface area contributed by atoms with Crippen molar-refractivity contribution >= 4 is 55.8 Å². The van der Waals surface area contributed by atoms with Gasteiger partial charge in [0.05, 0.1) is 22.4 Å². The highest BCUT2D eigenvalue weighted by Crippen LogP contribution is 2.27. The molecule has 7 nitrogen and oxygen atoms in total. The Morgan fingerprint density at radius 3 is 2.69 bits per heavy atom. The molecular weight excluding hydrogens is 410 g/mol. The Hall–Kier alpha value is -2.78. The summed E-state index contributed by atoms with van der Waals surface area (Å²) < 4.78 is 6.06. The number of hydrogen-bond acceptors (Lipinski definition) is 7. The molecule has 9 heteroatoms. The van der Waals surface area contributed by atoms with Crippen LogP contribution < -0.4 is 10.6 Å². The third-order valence-corrected chi connectivity index (χ3v) is 6.63. The maximum absolute atomic E-state index is 12.5. The van der Waals surface area contributed by atoms with Crippen LogP contribution in [0.3, 0.4) is 0 Å². The minimum atomic E-state index is -0.767. The third-order valence-electron chi connectivity index (χ3n) is 4.77. The SMILES string of the molecule is O=C(NC(=O)c1ccsc1NC(=O)c1nc2ccccc2s1)OCC1CCCC1. The van der Waals surface area contributed by atoms with Gasteiger partial charge in [-0.15, -0.1) is 22.7 Å². The van der Waals surface area contributed by atoms with Crippen LogP contribution in [0.25, 0.3) is 10.2 Å². The lowest BCUT2D eigenvalue weighted by Crippen LogP contribution is -2.32. The molecule has 0 aliphatic heterocycles. The van der Waals surface area contributed by atoms with Gasteiger partial charge in [0.2, 0.25) is 0 Å². The zero-order chi connectivity index (χ0) is 20.2. The van der Waals surface area contributed by atoms with Crippen LogP contribution in [-0.4, -0.2) is 29.5 Å². The molecule has 1 aromatic carbocycles. The summed E-state index contributed by atoms with van der Waals surface area (Å²) in [7, 11) is 0. The molecule has 1 saturated carbocycles. The monoisotopic (exact) mass is 429 g/mol. The number of imide groups is 1. The number of thiazole rings is 1. The Kier molecular flexibility index (Phi) is 5.86. The highest BCUT2D eigenvalue weighted by molar-refractivity contribution is 7.20. The summed E-state index contributed by atoms with van der Waals surface area (Å²) in [6.45, 7) is 0.323. The van der Waals surface area contributed by atoms with E-state index in [2.05, 4.69) is 15.6 Å². The van der Waals surface area contributed by atoms with E-state index in [1.807, 2.05) is 24.3 Å². The topological polar surface area (TPSA) is 97.4 Å². The number of ether oxygens (including phenoxy) is 1. The normalized spacial score (nSPS) is 14.1. The molecule has 1 fully saturated rings. The van der Waals surface area contributed by atoms with Crippen molar-refractivity contribution in [2.45, 2.75) is 25.7 Å². The first-order chi connectivity index (χ1) is 14.1. The van der Waals surface area contributed by atoms with Crippen molar-refractivity contribution in [2.75, 3.05) is 11.9 Å². The molecule has 3 aromatic rings. The Morgan fingerprint density at radius 1 is 1.10 bits per heavy atom. The molecular formula is C20H19N3O4S2. The van der Waals surface area contributed by atoms with Crippen LogP contribution >= 0.6 is 22.7 Å². The highest BCUT2D eigenvalue weighted by atomic mass is 32.1. The smallest absolute Gasteiger partial charge is 0.414 e. The number of fused-ring (bicyclic) bond motifs is 1. The summed E-state index contributed by atoms with van der Waals surface area (Å²) in [4.78, 5) is 41.2. The summed E-state index contributed by atoms with van der Waals surface area (Å²) in [5.74, 6) is -0.630. The number of anilines is 1. The molecule has 1 aliphatic rings. The molecule has 150 valence electrons. The lowest BCUT2D eigenvalue weighted by molar-refractivity contribution is 0.0901. The number of amides is 3. The molecule has 0 spiro atoms. The van der Waals surface area contributed by atoms with Crippen molar-refractivity contribution in [3.63, 3.8) is 0 Å². The van der Waals surface area contributed by atoms with E-state index in [0.29, 0.717) is 22.5 Å². The number of nitrogens with one attached hydrogen (secondary N) is 2. The predicted molar refractivity (Wildman–Crippen MR) is 113 cm³/mol. The van der Waals surface area contributed by atoms with E-state index in [-0.39, 0.29) is 5.56 Å². The zero-order valence-corrected chi connectivity index (χ0v) is 17.1. The highest BCUT2D eigenvalue weighted by Gasteiger charge is 2.21. The number of nitrogens with zero attached hydrogens (tertiary/aromatic N) is 1. The molecule has 0 bridgehead atoms. The van der Waals surface area contributed by atoms with Gasteiger partial charge in [0.1, 0.15) is 5.00 Å². The molecule has 0 saturated heterocycles.